The lowest BCUT2D eigenvalue weighted by Gasteiger charge is -2.00. The quantitative estimate of drug-likeness (QED) is 0.743. The van der Waals surface area contributed by atoms with E-state index in [0.29, 0.717) is 26.0 Å². The van der Waals surface area contributed by atoms with Crippen LogP contribution in [-0.2, 0) is 16.1 Å². The van der Waals surface area contributed by atoms with Crippen molar-refractivity contribution < 1.29 is 14.3 Å². The van der Waals surface area contributed by atoms with Gasteiger partial charge < -0.3 is 9.47 Å². The summed E-state index contributed by atoms with van der Waals surface area (Å²) < 4.78 is 10.00. The number of nitrogens with zero attached hydrogens (tertiary/aromatic N) is 3. The molecule has 0 aliphatic heterocycles. The van der Waals surface area contributed by atoms with Crippen LogP contribution in [0.4, 0.5) is 0 Å². The zero-order chi connectivity index (χ0) is 13.7. The van der Waals surface area contributed by atoms with Gasteiger partial charge in [-0.1, -0.05) is 0 Å². The Bertz CT molecular complexity index is 565. The van der Waals surface area contributed by atoms with E-state index in [1.165, 1.54) is 0 Å². The average Bonchev–Trinajstić information content (AvgIpc) is 2.80. The van der Waals surface area contributed by atoms with Gasteiger partial charge in [-0.25, -0.2) is 0 Å². The molecule has 6 heteroatoms. The molecule has 0 fully saturated rings. The van der Waals surface area contributed by atoms with Crippen LogP contribution < -0.4 is 4.74 Å². The molecule has 6 nitrogen and oxygen atoms in total. The highest BCUT2D eigenvalue weighted by atomic mass is 16.5. The molecule has 0 saturated heterocycles. The lowest BCUT2D eigenvalue weighted by Crippen LogP contribution is -2.07. The standard InChI is InChI=1S/C13H17N3O3/c1-3-19-13(17)5-4-8-16-14-11-7-6-10(18-2)9-12(11)15-16/h6-7,9H,3-5,8H2,1-2H3. The van der Waals surface area contributed by atoms with Gasteiger partial charge in [-0.3, -0.25) is 4.79 Å². The second kappa shape index (κ2) is 6.17. The number of hydrogen-bond acceptors (Lipinski definition) is 5. The zero-order valence-electron chi connectivity index (χ0n) is 11.1. The van der Waals surface area contributed by atoms with Crippen LogP contribution in [0.2, 0.25) is 0 Å². The van der Waals surface area contributed by atoms with Crippen LogP contribution >= 0.6 is 0 Å². The Hall–Kier alpha value is -2.11. The monoisotopic (exact) mass is 263 g/mol. The minimum absolute atomic E-state index is 0.180. The van der Waals surface area contributed by atoms with Gasteiger partial charge in [0, 0.05) is 12.5 Å². The van der Waals surface area contributed by atoms with E-state index in [2.05, 4.69) is 10.2 Å². The fourth-order valence-electron chi connectivity index (χ4n) is 1.76. The first-order valence-electron chi connectivity index (χ1n) is 6.27. The minimum Gasteiger partial charge on any atom is -0.497 e. The van der Waals surface area contributed by atoms with Crippen LogP contribution in [0.15, 0.2) is 18.2 Å². The third-order valence-electron chi connectivity index (χ3n) is 2.67. The van der Waals surface area contributed by atoms with Gasteiger partial charge in [0.1, 0.15) is 16.8 Å². The molecular formula is C13H17N3O3. The second-order valence-electron chi connectivity index (χ2n) is 4.06. The highest BCUT2D eigenvalue weighted by Gasteiger charge is 2.06. The van der Waals surface area contributed by atoms with Gasteiger partial charge in [-0.2, -0.15) is 15.0 Å². The van der Waals surface area contributed by atoms with Gasteiger partial charge in [-0.15, -0.1) is 0 Å². The fraction of sp³-hybridized carbons (Fsp3) is 0.462. The van der Waals surface area contributed by atoms with Crippen LogP contribution in [0.25, 0.3) is 11.0 Å². The first-order valence-corrected chi connectivity index (χ1v) is 6.27. The summed E-state index contributed by atoms with van der Waals surface area (Å²) in [6, 6.07) is 5.55. The summed E-state index contributed by atoms with van der Waals surface area (Å²) in [6.07, 6.45) is 1.05. The predicted molar refractivity (Wildman–Crippen MR) is 69.9 cm³/mol. The van der Waals surface area contributed by atoms with Crippen LogP contribution in [-0.4, -0.2) is 34.7 Å². The third-order valence-corrected chi connectivity index (χ3v) is 2.67. The smallest absolute Gasteiger partial charge is 0.305 e. The molecule has 0 aliphatic rings. The van der Waals surface area contributed by atoms with E-state index in [4.69, 9.17) is 9.47 Å². The maximum atomic E-state index is 11.2. The average molecular weight is 263 g/mol. The maximum absolute atomic E-state index is 11.2. The number of rotatable bonds is 6. The van der Waals surface area contributed by atoms with Gasteiger partial charge in [0.15, 0.2) is 0 Å². The molecule has 0 N–H and O–H groups in total. The molecule has 0 atom stereocenters. The lowest BCUT2D eigenvalue weighted by atomic mass is 10.3. The number of ether oxygens (including phenoxy) is 2. The predicted octanol–water partition coefficient (Wildman–Crippen LogP) is 1.78. The Kier molecular flexibility index (Phi) is 4.33. The maximum Gasteiger partial charge on any atom is 0.305 e. The summed E-state index contributed by atoms with van der Waals surface area (Å²) in [4.78, 5) is 12.8. The van der Waals surface area contributed by atoms with E-state index in [0.717, 1.165) is 16.8 Å². The number of aryl methyl sites for hydroxylation is 1. The van der Waals surface area contributed by atoms with Crippen molar-refractivity contribution in [3.05, 3.63) is 18.2 Å². The summed E-state index contributed by atoms with van der Waals surface area (Å²) in [5.74, 6) is 0.576. The topological polar surface area (TPSA) is 66.2 Å². The molecule has 19 heavy (non-hydrogen) atoms. The molecule has 1 heterocycles. The molecule has 0 saturated carbocycles. The number of carbonyl (C=O) groups excluding carboxylic acids is 1. The van der Waals surface area contributed by atoms with Crippen molar-refractivity contribution >= 4 is 17.0 Å². The van der Waals surface area contributed by atoms with Crippen molar-refractivity contribution in [3.8, 4) is 5.75 Å². The van der Waals surface area contributed by atoms with Crippen molar-refractivity contribution in [2.75, 3.05) is 13.7 Å². The Morgan fingerprint density at radius 1 is 1.32 bits per heavy atom. The molecule has 2 rings (SSSR count). The van der Waals surface area contributed by atoms with Gasteiger partial charge in [0.25, 0.3) is 0 Å². The number of hydrogen-bond donors (Lipinski definition) is 0. The summed E-state index contributed by atoms with van der Waals surface area (Å²) in [6.45, 7) is 2.81. The van der Waals surface area contributed by atoms with Crippen LogP contribution in [0.5, 0.6) is 5.75 Å². The van der Waals surface area contributed by atoms with Crippen LogP contribution in [0.3, 0.4) is 0 Å². The largest absolute Gasteiger partial charge is 0.497 e. The van der Waals surface area contributed by atoms with Gasteiger partial charge in [0.05, 0.1) is 20.3 Å². The molecule has 1 aromatic heterocycles. The third kappa shape index (κ3) is 3.43. The molecule has 0 radical (unpaired) electrons. The number of fused-ring (bicyclic) bond motifs is 1. The Balaban J connectivity index is 1.96. The summed E-state index contributed by atoms with van der Waals surface area (Å²) in [7, 11) is 1.62. The number of aromatic nitrogens is 3. The van der Waals surface area contributed by atoms with Gasteiger partial charge >= 0.3 is 5.97 Å². The van der Waals surface area contributed by atoms with E-state index in [-0.39, 0.29) is 5.97 Å². The summed E-state index contributed by atoms with van der Waals surface area (Å²) >= 11 is 0. The molecule has 2 aromatic rings. The molecular weight excluding hydrogens is 246 g/mol. The zero-order valence-corrected chi connectivity index (χ0v) is 11.1. The van der Waals surface area contributed by atoms with Gasteiger partial charge in [0.2, 0.25) is 0 Å². The molecule has 1 aromatic carbocycles. The van der Waals surface area contributed by atoms with E-state index in [1.807, 2.05) is 18.2 Å². The Morgan fingerprint density at radius 2 is 2.11 bits per heavy atom. The summed E-state index contributed by atoms with van der Waals surface area (Å²) in [5, 5.41) is 8.67. The van der Waals surface area contributed by atoms with Gasteiger partial charge in [-0.05, 0) is 25.5 Å². The molecule has 0 spiro atoms. The van der Waals surface area contributed by atoms with Crippen LogP contribution in [0.1, 0.15) is 19.8 Å². The number of benzene rings is 1. The Morgan fingerprint density at radius 3 is 2.84 bits per heavy atom. The molecule has 0 bridgehead atoms. The molecule has 102 valence electrons. The number of methoxy groups -OCH3 is 1. The number of esters is 1. The van der Waals surface area contributed by atoms with Crippen molar-refractivity contribution in [1.29, 1.82) is 0 Å². The normalized spacial score (nSPS) is 10.6. The van der Waals surface area contributed by atoms with Crippen molar-refractivity contribution in [2.45, 2.75) is 26.3 Å². The fourth-order valence-corrected chi connectivity index (χ4v) is 1.76. The van der Waals surface area contributed by atoms with Crippen molar-refractivity contribution in [3.63, 3.8) is 0 Å². The Labute approximate surface area is 111 Å². The number of carbonyl (C=O) groups is 1. The molecule has 0 unspecified atom stereocenters. The van der Waals surface area contributed by atoms with Crippen molar-refractivity contribution in [1.82, 2.24) is 15.0 Å². The van der Waals surface area contributed by atoms with E-state index < -0.39 is 0 Å². The second-order valence-corrected chi connectivity index (χ2v) is 4.06. The first kappa shape index (κ1) is 13.3. The molecule has 0 amide bonds. The lowest BCUT2D eigenvalue weighted by molar-refractivity contribution is -0.143. The highest BCUT2D eigenvalue weighted by Crippen LogP contribution is 2.17. The van der Waals surface area contributed by atoms with E-state index in [9.17, 15) is 4.79 Å². The van der Waals surface area contributed by atoms with Crippen molar-refractivity contribution in [2.24, 2.45) is 0 Å². The van der Waals surface area contributed by atoms with Crippen LogP contribution in [0, 0.1) is 0 Å². The highest BCUT2D eigenvalue weighted by molar-refractivity contribution is 5.75. The minimum atomic E-state index is -0.180. The summed E-state index contributed by atoms with van der Waals surface area (Å²) in [5.41, 5.74) is 1.60. The SMILES string of the molecule is CCOC(=O)CCCn1nc2ccc(OC)cc2n1. The first-order chi connectivity index (χ1) is 9.22. The van der Waals surface area contributed by atoms with E-state index in [1.54, 1.807) is 18.8 Å². The molecule has 0 aliphatic carbocycles. The van der Waals surface area contributed by atoms with E-state index >= 15 is 0 Å².